The number of carbonyl (C=O) groups is 1. The van der Waals surface area contributed by atoms with Crippen LogP contribution in [0.3, 0.4) is 0 Å². The highest BCUT2D eigenvalue weighted by molar-refractivity contribution is 5.76. The predicted molar refractivity (Wildman–Crippen MR) is 110 cm³/mol. The molecule has 3 aliphatic rings. The number of hydrogen-bond donors (Lipinski definition) is 1. The van der Waals surface area contributed by atoms with Crippen molar-refractivity contribution in [3.63, 3.8) is 0 Å². The van der Waals surface area contributed by atoms with Gasteiger partial charge in [-0.1, -0.05) is 6.07 Å². The number of fused-ring (bicyclic) bond motifs is 2. The largest absolute Gasteiger partial charge is 0.493 e. The molecule has 2 atom stereocenters. The highest BCUT2D eigenvalue weighted by Gasteiger charge is 2.47. The number of rotatable bonds is 5. The van der Waals surface area contributed by atoms with E-state index in [1.54, 1.807) is 14.2 Å². The third-order valence-corrected chi connectivity index (χ3v) is 5.60. The van der Waals surface area contributed by atoms with Crippen LogP contribution in [0.5, 0.6) is 11.5 Å². The van der Waals surface area contributed by atoms with Gasteiger partial charge in [0.1, 0.15) is 11.6 Å². The van der Waals surface area contributed by atoms with Crippen molar-refractivity contribution in [2.45, 2.75) is 38.9 Å². The van der Waals surface area contributed by atoms with Crippen molar-refractivity contribution >= 4 is 11.8 Å². The van der Waals surface area contributed by atoms with E-state index in [2.05, 4.69) is 20.2 Å². The summed E-state index contributed by atoms with van der Waals surface area (Å²) in [4.78, 5) is 25.9. The predicted octanol–water partition coefficient (Wildman–Crippen LogP) is 2.28. The third-order valence-electron chi connectivity index (χ3n) is 5.60. The van der Waals surface area contributed by atoms with Gasteiger partial charge in [-0.3, -0.25) is 0 Å². The van der Waals surface area contributed by atoms with Crippen molar-refractivity contribution in [2.75, 3.05) is 32.2 Å². The fraction of sp³-hybridized carbons (Fsp3) is 0.476. The molecule has 2 amide bonds. The molecule has 29 heavy (non-hydrogen) atoms. The van der Waals surface area contributed by atoms with Gasteiger partial charge in [0.25, 0.3) is 0 Å². The minimum atomic E-state index is -0.0178. The second-order valence-electron chi connectivity index (χ2n) is 7.62. The lowest BCUT2D eigenvalue weighted by Crippen LogP contribution is -2.71. The molecule has 2 unspecified atom stereocenters. The highest BCUT2D eigenvalue weighted by atomic mass is 16.5. The summed E-state index contributed by atoms with van der Waals surface area (Å²) in [6, 6.07) is 8.10. The second kappa shape index (κ2) is 7.77. The number of carbonyl (C=O) groups excluding carboxylic acids is 1. The first-order chi connectivity index (χ1) is 14.0. The van der Waals surface area contributed by atoms with Crippen LogP contribution in [-0.4, -0.2) is 60.3 Å². The Hall–Kier alpha value is -3.03. The molecule has 1 aromatic heterocycles. The Labute approximate surface area is 170 Å². The molecular formula is C21H27N5O3. The van der Waals surface area contributed by atoms with Crippen LogP contribution in [-0.2, 0) is 6.54 Å². The summed E-state index contributed by atoms with van der Waals surface area (Å²) >= 11 is 0. The molecule has 3 saturated heterocycles. The minimum absolute atomic E-state index is 0.0178. The fourth-order valence-corrected chi connectivity index (χ4v) is 4.25. The Balaban J connectivity index is 1.36. The number of ether oxygens (including phenoxy) is 2. The molecule has 0 saturated carbocycles. The summed E-state index contributed by atoms with van der Waals surface area (Å²) in [7, 11) is 3.21. The molecule has 1 aromatic carbocycles. The Bertz CT molecular complexity index is 887. The van der Waals surface area contributed by atoms with Crippen LogP contribution in [0.4, 0.5) is 10.6 Å². The quantitative estimate of drug-likeness (QED) is 0.834. The van der Waals surface area contributed by atoms with Crippen LogP contribution in [0.2, 0.25) is 0 Å². The van der Waals surface area contributed by atoms with Crippen LogP contribution >= 0.6 is 0 Å². The number of amides is 2. The average Bonchev–Trinajstić information content (AvgIpc) is 2.71. The molecule has 5 rings (SSSR count). The molecule has 154 valence electrons. The Morgan fingerprint density at radius 3 is 2.48 bits per heavy atom. The smallest absolute Gasteiger partial charge is 0.318 e. The number of aryl methyl sites for hydroxylation is 2. The van der Waals surface area contributed by atoms with Crippen LogP contribution in [0.1, 0.15) is 23.5 Å². The molecular weight excluding hydrogens is 370 g/mol. The van der Waals surface area contributed by atoms with E-state index in [-0.39, 0.29) is 18.1 Å². The van der Waals surface area contributed by atoms with Gasteiger partial charge >= 0.3 is 6.03 Å². The SMILES string of the molecule is COc1ccc(CNC(=O)N2C3CC2CN(c2cc(C)nc(C)n2)C3)cc1OC. The van der Waals surface area contributed by atoms with E-state index in [4.69, 9.17) is 9.47 Å². The number of nitrogens with zero attached hydrogens (tertiary/aromatic N) is 4. The summed E-state index contributed by atoms with van der Waals surface area (Å²) in [6.45, 7) is 5.95. The van der Waals surface area contributed by atoms with Crippen LogP contribution < -0.4 is 19.7 Å². The molecule has 3 aliphatic heterocycles. The van der Waals surface area contributed by atoms with Gasteiger partial charge in [-0.05, 0) is 38.0 Å². The van der Waals surface area contributed by atoms with Gasteiger partial charge in [0.2, 0.25) is 0 Å². The monoisotopic (exact) mass is 397 g/mol. The maximum absolute atomic E-state index is 12.8. The van der Waals surface area contributed by atoms with E-state index in [1.807, 2.05) is 43.0 Å². The zero-order valence-electron chi connectivity index (χ0n) is 17.3. The summed E-state index contributed by atoms with van der Waals surface area (Å²) in [6.07, 6.45) is 1.04. The van der Waals surface area contributed by atoms with Crippen molar-refractivity contribution < 1.29 is 14.3 Å². The van der Waals surface area contributed by atoms with Crippen molar-refractivity contribution in [2.24, 2.45) is 0 Å². The highest BCUT2D eigenvalue weighted by Crippen LogP contribution is 2.34. The number of piperazine rings is 1. The Kier molecular flexibility index (Phi) is 5.17. The van der Waals surface area contributed by atoms with Crippen LogP contribution in [0.15, 0.2) is 24.3 Å². The number of urea groups is 1. The zero-order chi connectivity index (χ0) is 20.5. The summed E-state index contributed by atoms with van der Waals surface area (Å²) in [5, 5.41) is 3.04. The summed E-state index contributed by atoms with van der Waals surface area (Å²) in [5.41, 5.74) is 1.94. The van der Waals surface area contributed by atoms with Gasteiger partial charge in [-0.2, -0.15) is 0 Å². The molecule has 8 nitrogen and oxygen atoms in total. The molecule has 4 heterocycles. The van der Waals surface area contributed by atoms with Gasteiger partial charge in [0, 0.05) is 31.4 Å². The van der Waals surface area contributed by atoms with Crippen molar-refractivity contribution in [3.05, 3.63) is 41.3 Å². The number of aromatic nitrogens is 2. The minimum Gasteiger partial charge on any atom is -0.493 e. The first kappa shape index (κ1) is 19.3. The molecule has 0 aliphatic carbocycles. The first-order valence-corrected chi connectivity index (χ1v) is 9.82. The lowest BCUT2D eigenvalue weighted by molar-refractivity contribution is 0.0365. The summed E-state index contributed by atoms with van der Waals surface area (Å²) < 4.78 is 10.6. The third kappa shape index (κ3) is 3.79. The van der Waals surface area contributed by atoms with Crippen LogP contribution in [0.25, 0.3) is 0 Å². The van der Waals surface area contributed by atoms with Gasteiger partial charge in [-0.25, -0.2) is 14.8 Å². The molecule has 8 heteroatoms. The molecule has 1 N–H and O–H groups in total. The van der Waals surface area contributed by atoms with E-state index in [9.17, 15) is 4.79 Å². The molecule has 3 fully saturated rings. The normalized spacial score (nSPS) is 20.1. The standard InChI is InChI=1S/C21H27N5O3/c1-13-7-20(24-14(2)23-13)25-11-16-9-17(12-25)26(16)21(27)22-10-15-5-6-18(28-3)19(8-15)29-4/h5-8,16-17H,9-12H2,1-4H3,(H,22,27). The number of benzene rings is 1. The van der Waals surface area contributed by atoms with Crippen LogP contribution in [0, 0.1) is 13.8 Å². The maximum Gasteiger partial charge on any atom is 0.318 e. The molecule has 0 radical (unpaired) electrons. The number of nitrogens with one attached hydrogen (secondary N) is 1. The van der Waals surface area contributed by atoms with E-state index in [0.29, 0.717) is 18.0 Å². The van der Waals surface area contributed by atoms with Gasteiger partial charge in [-0.15, -0.1) is 0 Å². The lowest BCUT2D eigenvalue weighted by atomic mass is 9.88. The average molecular weight is 397 g/mol. The summed E-state index contributed by atoms with van der Waals surface area (Å²) in [5.74, 6) is 3.07. The number of piperidine rings is 1. The van der Waals surface area contributed by atoms with E-state index in [0.717, 1.165) is 42.4 Å². The van der Waals surface area contributed by atoms with E-state index in [1.165, 1.54) is 0 Å². The van der Waals surface area contributed by atoms with E-state index < -0.39 is 0 Å². The molecule has 0 spiro atoms. The zero-order valence-corrected chi connectivity index (χ0v) is 17.3. The molecule has 2 bridgehead atoms. The lowest BCUT2D eigenvalue weighted by Gasteiger charge is -2.56. The Morgan fingerprint density at radius 1 is 1.10 bits per heavy atom. The van der Waals surface area contributed by atoms with Crippen molar-refractivity contribution in [1.29, 1.82) is 0 Å². The number of hydrogen-bond acceptors (Lipinski definition) is 6. The maximum atomic E-state index is 12.8. The number of anilines is 1. The fourth-order valence-electron chi connectivity index (χ4n) is 4.25. The second-order valence-corrected chi connectivity index (χ2v) is 7.62. The van der Waals surface area contributed by atoms with Gasteiger partial charge in [0.05, 0.1) is 26.3 Å². The number of methoxy groups -OCH3 is 2. The van der Waals surface area contributed by atoms with Crippen molar-refractivity contribution in [3.8, 4) is 11.5 Å². The topological polar surface area (TPSA) is 79.8 Å². The first-order valence-electron chi connectivity index (χ1n) is 9.82. The van der Waals surface area contributed by atoms with Gasteiger partial charge in [0.15, 0.2) is 11.5 Å². The van der Waals surface area contributed by atoms with Crippen molar-refractivity contribution in [1.82, 2.24) is 20.2 Å². The van der Waals surface area contributed by atoms with E-state index >= 15 is 0 Å². The van der Waals surface area contributed by atoms with Gasteiger partial charge < -0.3 is 24.6 Å². The Morgan fingerprint density at radius 2 is 1.83 bits per heavy atom. The molecule has 2 aromatic rings.